The van der Waals surface area contributed by atoms with E-state index in [4.69, 9.17) is 4.74 Å². The number of hydrogen-bond donors (Lipinski definition) is 1. The van der Waals surface area contributed by atoms with Crippen LogP contribution >= 0.6 is 0 Å². The van der Waals surface area contributed by atoms with Gasteiger partial charge in [-0.3, -0.25) is 4.90 Å². The molecule has 0 aromatic rings. The second kappa shape index (κ2) is 7.34. The van der Waals surface area contributed by atoms with Crippen LogP contribution in [0.1, 0.15) is 40.0 Å². The molecular weight excluding hydrogens is 212 g/mol. The Morgan fingerprint density at radius 2 is 2.06 bits per heavy atom. The summed E-state index contributed by atoms with van der Waals surface area (Å²) in [7, 11) is 1.80. The number of nitrogens with zero attached hydrogens (tertiary/aromatic N) is 1. The molecular formula is C14H30N2O. The Morgan fingerprint density at radius 1 is 1.35 bits per heavy atom. The summed E-state index contributed by atoms with van der Waals surface area (Å²) in [4.78, 5) is 2.64. The molecule has 3 nitrogen and oxygen atoms in total. The van der Waals surface area contributed by atoms with E-state index < -0.39 is 0 Å². The lowest BCUT2D eigenvalue weighted by Gasteiger charge is -2.36. The first-order valence-corrected chi connectivity index (χ1v) is 7.09. The standard InChI is InChI=1S/C14H30N2O/c1-5-13(6-2)16(9-10-17-4)12-14(3)7-8-15-11-14/h13,15H,5-12H2,1-4H3. The molecule has 17 heavy (non-hydrogen) atoms. The van der Waals surface area contributed by atoms with Gasteiger partial charge in [-0.05, 0) is 31.2 Å². The molecule has 0 spiro atoms. The van der Waals surface area contributed by atoms with Gasteiger partial charge in [0.25, 0.3) is 0 Å². The molecule has 1 saturated heterocycles. The van der Waals surface area contributed by atoms with Gasteiger partial charge in [0.05, 0.1) is 6.61 Å². The van der Waals surface area contributed by atoms with Crippen molar-refractivity contribution in [2.24, 2.45) is 5.41 Å². The maximum absolute atomic E-state index is 5.25. The quantitative estimate of drug-likeness (QED) is 0.705. The fourth-order valence-corrected chi connectivity index (χ4v) is 2.90. The van der Waals surface area contributed by atoms with E-state index in [1.807, 2.05) is 0 Å². The molecule has 3 heteroatoms. The van der Waals surface area contributed by atoms with Crippen molar-refractivity contribution in [3.63, 3.8) is 0 Å². The molecule has 102 valence electrons. The third-order valence-electron chi connectivity index (χ3n) is 4.08. The summed E-state index contributed by atoms with van der Waals surface area (Å²) in [5.41, 5.74) is 0.455. The van der Waals surface area contributed by atoms with Crippen molar-refractivity contribution in [1.82, 2.24) is 10.2 Å². The first-order chi connectivity index (χ1) is 8.15. The van der Waals surface area contributed by atoms with Gasteiger partial charge in [-0.1, -0.05) is 20.8 Å². The van der Waals surface area contributed by atoms with E-state index in [1.54, 1.807) is 7.11 Å². The van der Waals surface area contributed by atoms with Crippen LogP contribution in [0.3, 0.4) is 0 Å². The van der Waals surface area contributed by atoms with E-state index in [-0.39, 0.29) is 0 Å². The second-order valence-corrected chi connectivity index (χ2v) is 5.67. The molecule has 0 saturated carbocycles. The van der Waals surface area contributed by atoms with Gasteiger partial charge in [-0.15, -0.1) is 0 Å². The normalized spacial score (nSPS) is 25.1. The topological polar surface area (TPSA) is 24.5 Å². The predicted molar refractivity (Wildman–Crippen MR) is 73.4 cm³/mol. The highest BCUT2D eigenvalue weighted by molar-refractivity contribution is 4.88. The average molecular weight is 242 g/mol. The highest BCUT2D eigenvalue weighted by Crippen LogP contribution is 2.27. The molecule has 0 radical (unpaired) electrons. The van der Waals surface area contributed by atoms with E-state index >= 15 is 0 Å². The Balaban J connectivity index is 2.55. The number of nitrogens with one attached hydrogen (secondary N) is 1. The molecule has 0 aromatic carbocycles. The fourth-order valence-electron chi connectivity index (χ4n) is 2.90. The first-order valence-electron chi connectivity index (χ1n) is 7.09. The number of hydrogen-bond acceptors (Lipinski definition) is 3. The Morgan fingerprint density at radius 3 is 2.53 bits per heavy atom. The Labute approximate surface area is 107 Å². The molecule has 0 amide bonds. The summed E-state index contributed by atoms with van der Waals surface area (Å²) < 4.78 is 5.25. The summed E-state index contributed by atoms with van der Waals surface area (Å²) in [6.07, 6.45) is 3.78. The van der Waals surface area contributed by atoms with Crippen LogP contribution in [0.5, 0.6) is 0 Å². The van der Waals surface area contributed by atoms with E-state index in [0.29, 0.717) is 11.5 Å². The molecule has 0 bridgehead atoms. The third kappa shape index (κ3) is 4.57. The molecule has 1 heterocycles. The van der Waals surface area contributed by atoms with E-state index in [1.165, 1.54) is 32.4 Å². The van der Waals surface area contributed by atoms with E-state index in [2.05, 4.69) is 31.0 Å². The zero-order valence-corrected chi connectivity index (χ0v) is 12.1. The maximum Gasteiger partial charge on any atom is 0.0589 e. The lowest BCUT2D eigenvalue weighted by atomic mass is 9.88. The van der Waals surface area contributed by atoms with E-state index in [0.717, 1.165) is 19.7 Å². The van der Waals surface area contributed by atoms with Crippen molar-refractivity contribution in [3.8, 4) is 0 Å². The van der Waals surface area contributed by atoms with Crippen LogP contribution in [-0.4, -0.2) is 50.8 Å². The molecule has 1 fully saturated rings. The zero-order chi connectivity index (χ0) is 12.7. The molecule has 0 aliphatic carbocycles. The Bertz CT molecular complexity index is 198. The molecule has 1 unspecified atom stereocenters. The smallest absolute Gasteiger partial charge is 0.0589 e. The van der Waals surface area contributed by atoms with Gasteiger partial charge in [-0.25, -0.2) is 0 Å². The summed E-state index contributed by atoms with van der Waals surface area (Å²) in [5.74, 6) is 0. The van der Waals surface area contributed by atoms with Crippen molar-refractivity contribution < 1.29 is 4.74 Å². The maximum atomic E-state index is 5.25. The minimum atomic E-state index is 0.455. The lowest BCUT2D eigenvalue weighted by molar-refractivity contribution is 0.0821. The summed E-state index contributed by atoms with van der Waals surface area (Å²) in [6, 6.07) is 0.711. The number of rotatable bonds is 8. The Hall–Kier alpha value is -0.120. The molecule has 1 aliphatic heterocycles. The summed E-state index contributed by atoms with van der Waals surface area (Å²) >= 11 is 0. The zero-order valence-electron chi connectivity index (χ0n) is 12.1. The van der Waals surface area contributed by atoms with Gasteiger partial charge < -0.3 is 10.1 Å². The van der Waals surface area contributed by atoms with Crippen molar-refractivity contribution in [2.45, 2.75) is 46.1 Å². The van der Waals surface area contributed by atoms with Crippen molar-refractivity contribution in [1.29, 1.82) is 0 Å². The van der Waals surface area contributed by atoms with Crippen LogP contribution in [-0.2, 0) is 4.74 Å². The van der Waals surface area contributed by atoms with Gasteiger partial charge in [0.15, 0.2) is 0 Å². The minimum absolute atomic E-state index is 0.455. The minimum Gasteiger partial charge on any atom is -0.383 e. The van der Waals surface area contributed by atoms with Gasteiger partial charge in [0, 0.05) is 32.8 Å². The van der Waals surface area contributed by atoms with E-state index in [9.17, 15) is 0 Å². The molecule has 0 aromatic heterocycles. The van der Waals surface area contributed by atoms with Crippen LogP contribution in [0.25, 0.3) is 0 Å². The van der Waals surface area contributed by atoms with Crippen molar-refractivity contribution in [3.05, 3.63) is 0 Å². The number of ether oxygens (including phenoxy) is 1. The second-order valence-electron chi connectivity index (χ2n) is 5.67. The largest absolute Gasteiger partial charge is 0.383 e. The fraction of sp³-hybridized carbons (Fsp3) is 1.00. The predicted octanol–water partition coefficient (Wildman–Crippen LogP) is 2.12. The lowest BCUT2D eigenvalue weighted by Crippen LogP contribution is -2.44. The SMILES string of the molecule is CCC(CC)N(CCOC)CC1(C)CCNC1. The van der Waals surface area contributed by atoms with Crippen LogP contribution < -0.4 is 5.32 Å². The van der Waals surface area contributed by atoms with Crippen LogP contribution in [0.2, 0.25) is 0 Å². The van der Waals surface area contributed by atoms with Gasteiger partial charge >= 0.3 is 0 Å². The average Bonchev–Trinajstić information content (AvgIpc) is 2.74. The molecule has 1 aliphatic rings. The van der Waals surface area contributed by atoms with Crippen molar-refractivity contribution in [2.75, 3.05) is 39.9 Å². The van der Waals surface area contributed by atoms with Gasteiger partial charge in [0.2, 0.25) is 0 Å². The summed E-state index contributed by atoms with van der Waals surface area (Å²) in [6.45, 7) is 12.5. The highest BCUT2D eigenvalue weighted by atomic mass is 16.5. The molecule has 1 rings (SSSR count). The van der Waals surface area contributed by atoms with Gasteiger partial charge in [0.1, 0.15) is 0 Å². The van der Waals surface area contributed by atoms with Crippen molar-refractivity contribution >= 4 is 0 Å². The third-order valence-corrected chi connectivity index (χ3v) is 4.08. The molecule has 1 atom stereocenters. The monoisotopic (exact) mass is 242 g/mol. The number of methoxy groups -OCH3 is 1. The highest BCUT2D eigenvalue weighted by Gasteiger charge is 2.32. The molecule has 1 N–H and O–H groups in total. The van der Waals surface area contributed by atoms with Crippen LogP contribution in [0.4, 0.5) is 0 Å². The summed E-state index contributed by atoms with van der Waals surface area (Å²) in [5, 5.41) is 3.49. The first kappa shape index (κ1) is 14.9. The van der Waals surface area contributed by atoms with Crippen LogP contribution in [0, 0.1) is 5.41 Å². The Kier molecular flexibility index (Phi) is 6.45. The van der Waals surface area contributed by atoms with Gasteiger partial charge in [-0.2, -0.15) is 0 Å². The van der Waals surface area contributed by atoms with Crippen LogP contribution in [0.15, 0.2) is 0 Å².